The lowest BCUT2D eigenvalue weighted by Crippen LogP contribution is -2.28. The van der Waals surface area contributed by atoms with Crippen molar-refractivity contribution in [3.63, 3.8) is 0 Å². The lowest BCUT2D eigenvalue weighted by molar-refractivity contribution is 0.276. The molecule has 0 bridgehead atoms. The van der Waals surface area contributed by atoms with E-state index in [0.29, 0.717) is 11.3 Å². The minimum Gasteiger partial charge on any atom is -0.495 e. The van der Waals surface area contributed by atoms with E-state index in [1.54, 1.807) is 7.11 Å². The van der Waals surface area contributed by atoms with Gasteiger partial charge in [-0.15, -0.1) is 0 Å². The van der Waals surface area contributed by atoms with Gasteiger partial charge in [0.15, 0.2) is 0 Å². The van der Waals surface area contributed by atoms with E-state index in [1.165, 1.54) is 0 Å². The van der Waals surface area contributed by atoms with Crippen LogP contribution in [0.5, 0.6) is 5.75 Å². The van der Waals surface area contributed by atoms with Crippen LogP contribution in [0.3, 0.4) is 0 Å². The Bertz CT molecular complexity index is 424. The summed E-state index contributed by atoms with van der Waals surface area (Å²) in [5, 5.41) is 9.03. The van der Waals surface area contributed by atoms with E-state index in [1.807, 2.05) is 18.2 Å². The molecule has 1 aromatic rings. The van der Waals surface area contributed by atoms with Crippen LogP contribution in [0, 0.1) is 11.3 Å². The predicted octanol–water partition coefficient (Wildman–Crippen LogP) is 1.56. The van der Waals surface area contributed by atoms with Crippen molar-refractivity contribution in [1.82, 2.24) is 9.80 Å². The fourth-order valence-corrected chi connectivity index (χ4v) is 1.70. The van der Waals surface area contributed by atoms with Crippen molar-refractivity contribution in [1.29, 1.82) is 5.26 Å². The van der Waals surface area contributed by atoms with Crippen molar-refractivity contribution in [3.8, 4) is 11.8 Å². The summed E-state index contributed by atoms with van der Waals surface area (Å²) in [6, 6.07) is 7.91. The average molecular weight is 247 g/mol. The molecule has 0 aliphatic heterocycles. The summed E-state index contributed by atoms with van der Waals surface area (Å²) in [7, 11) is 7.79. The van der Waals surface area contributed by atoms with E-state index in [0.717, 1.165) is 25.2 Å². The monoisotopic (exact) mass is 247 g/mol. The minimum atomic E-state index is 0.594. The first-order valence-corrected chi connectivity index (χ1v) is 5.97. The van der Waals surface area contributed by atoms with E-state index >= 15 is 0 Å². The molecule has 0 fully saturated rings. The van der Waals surface area contributed by atoms with Crippen molar-refractivity contribution in [2.24, 2.45) is 0 Å². The van der Waals surface area contributed by atoms with Crippen LogP contribution in [0.4, 0.5) is 0 Å². The second-order valence-electron chi connectivity index (χ2n) is 4.69. The second-order valence-corrected chi connectivity index (χ2v) is 4.69. The van der Waals surface area contributed by atoms with Crippen LogP contribution < -0.4 is 4.74 Å². The lowest BCUT2D eigenvalue weighted by Gasteiger charge is -2.19. The molecule has 18 heavy (non-hydrogen) atoms. The lowest BCUT2D eigenvalue weighted by atomic mass is 10.1. The number of benzene rings is 1. The largest absolute Gasteiger partial charge is 0.495 e. The third-order valence-corrected chi connectivity index (χ3v) is 2.77. The number of ether oxygens (including phenoxy) is 1. The summed E-state index contributed by atoms with van der Waals surface area (Å²) in [6.45, 7) is 2.87. The molecule has 1 aromatic carbocycles. The van der Waals surface area contributed by atoms with Gasteiger partial charge >= 0.3 is 0 Å². The molecule has 4 nitrogen and oxygen atoms in total. The van der Waals surface area contributed by atoms with Gasteiger partial charge in [0, 0.05) is 19.6 Å². The molecule has 0 radical (unpaired) electrons. The van der Waals surface area contributed by atoms with Gasteiger partial charge in [0.05, 0.1) is 12.7 Å². The van der Waals surface area contributed by atoms with Crippen molar-refractivity contribution >= 4 is 0 Å². The molecule has 0 amide bonds. The van der Waals surface area contributed by atoms with Gasteiger partial charge in [0.1, 0.15) is 11.8 Å². The SMILES string of the molecule is COc1ccc(CN(C)CCN(C)C)cc1C#N. The van der Waals surface area contributed by atoms with E-state index in [-0.39, 0.29) is 0 Å². The zero-order valence-electron chi connectivity index (χ0n) is 11.6. The standard InChI is InChI=1S/C14H21N3O/c1-16(2)7-8-17(3)11-12-5-6-14(18-4)13(9-12)10-15/h5-6,9H,7-8,11H2,1-4H3. The van der Waals surface area contributed by atoms with Crippen LogP contribution >= 0.6 is 0 Å². The highest BCUT2D eigenvalue weighted by Gasteiger charge is 2.06. The molecule has 1 rings (SSSR count). The molecule has 0 saturated heterocycles. The maximum absolute atomic E-state index is 9.03. The van der Waals surface area contributed by atoms with Gasteiger partial charge in [-0.2, -0.15) is 5.26 Å². The summed E-state index contributed by atoms with van der Waals surface area (Å²) in [4.78, 5) is 4.40. The van der Waals surface area contributed by atoms with Crippen LogP contribution in [-0.4, -0.2) is 51.1 Å². The molecule has 0 spiro atoms. The molecule has 0 unspecified atom stereocenters. The normalized spacial score (nSPS) is 10.7. The number of rotatable bonds is 6. The zero-order valence-corrected chi connectivity index (χ0v) is 11.6. The Kier molecular flexibility index (Phi) is 5.63. The predicted molar refractivity (Wildman–Crippen MR) is 72.6 cm³/mol. The minimum absolute atomic E-state index is 0.594. The van der Waals surface area contributed by atoms with E-state index in [9.17, 15) is 0 Å². The zero-order chi connectivity index (χ0) is 13.5. The Morgan fingerprint density at radius 2 is 1.94 bits per heavy atom. The third-order valence-electron chi connectivity index (χ3n) is 2.77. The van der Waals surface area contributed by atoms with Gasteiger partial charge in [0.25, 0.3) is 0 Å². The fraction of sp³-hybridized carbons (Fsp3) is 0.500. The molecule has 0 atom stereocenters. The topological polar surface area (TPSA) is 39.5 Å². The fourth-order valence-electron chi connectivity index (χ4n) is 1.70. The molecule has 0 N–H and O–H groups in total. The maximum Gasteiger partial charge on any atom is 0.136 e. The highest BCUT2D eigenvalue weighted by Crippen LogP contribution is 2.19. The van der Waals surface area contributed by atoms with E-state index in [2.05, 4.69) is 37.0 Å². The highest BCUT2D eigenvalue weighted by molar-refractivity contribution is 5.45. The van der Waals surface area contributed by atoms with Gasteiger partial charge in [-0.1, -0.05) is 6.07 Å². The molecule has 0 heterocycles. The third kappa shape index (κ3) is 4.36. The Labute approximate surface area is 109 Å². The number of nitriles is 1. The smallest absolute Gasteiger partial charge is 0.136 e. The van der Waals surface area contributed by atoms with Crippen molar-refractivity contribution in [2.45, 2.75) is 6.54 Å². The molecule has 0 aliphatic rings. The van der Waals surface area contributed by atoms with Gasteiger partial charge in [0.2, 0.25) is 0 Å². The van der Waals surface area contributed by atoms with Crippen LogP contribution in [0.1, 0.15) is 11.1 Å². The van der Waals surface area contributed by atoms with Gasteiger partial charge < -0.3 is 14.5 Å². The maximum atomic E-state index is 9.03. The first-order valence-electron chi connectivity index (χ1n) is 5.97. The summed E-state index contributed by atoms with van der Waals surface area (Å²) in [6.07, 6.45) is 0. The molecule has 0 aliphatic carbocycles. The number of hydrogen-bond acceptors (Lipinski definition) is 4. The number of likely N-dealkylation sites (N-methyl/N-ethyl adjacent to an activating group) is 2. The van der Waals surface area contributed by atoms with Crippen LogP contribution in [-0.2, 0) is 6.54 Å². The van der Waals surface area contributed by atoms with Crippen molar-refractivity contribution < 1.29 is 4.74 Å². The van der Waals surface area contributed by atoms with E-state index in [4.69, 9.17) is 10.00 Å². The van der Waals surface area contributed by atoms with Gasteiger partial charge in [-0.3, -0.25) is 0 Å². The summed E-state index contributed by atoms with van der Waals surface area (Å²) >= 11 is 0. The highest BCUT2D eigenvalue weighted by atomic mass is 16.5. The number of nitrogens with zero attached hydrogens (tertiary/aromatic N) is 3. The Morgan fingerprint density at radius 1 is 1.22 bits per heavy atom. The molecule has 0 saturated carbocycles. The number of hydrogen-bond donors (Lipinski definition) is 0. The summed E-state index contributed by atoms with van der Waals surface area (Å²) in [5.74, 6) is 0.636. The second kappa shape index (κ2) is 7.00. The Balaban J connectivity index is 2.65. The van der Waals surface area contributed by atoms with Crippen LogP contribution in [0.2, 0.25) is 0 Å². The quantitative estimate of drug-likeness (QED) is 0.765. The molecular formula is C14H21N3O. The van der Waals surface area contributed by atoms with E-state index < -0.39 is 0 Å². The van der Waals surface area contributed by atoms with Crippen LogP contribution in [0.15, 0.2) is 18.2 Å². The molecular weight excluding hydrogens is 226 g/mol. The first-order chi connectivity index (χ1) is 8.56. The Hall–Kier alpha value is -1.57. The van der Waals surface area contributed by atoms with Gasteiger partial charge in [-0.05, 0) is 38.8 Å². The Morgan fingerprint density at radius 3 is 2.50 bits per heavy atom. The van der Waals surface area contributed by atoms with Crippen molar-refractivity contribution in [2.75, 3.05) is 41.3 Å². The molecule has 0 aromatic heterocycles. The summed E-state index contributed by atoms with van der Waals surface area (Å²) in [5.41, 5.74) is 1.73. The first kappa shape index (κ1) is 14.5. The molecule has 4 heteroatoms. The summed E-state index contributed by atoms with van der Waals surface area (Å²) < 4.78 is 5.13. The number of methoxy groups -OCH3 is 1. The average Bonchev–Trinajstić information content (AvgIpc) is 2.36. The van der Waals surface area contributed by atoms with Crippen LogP contribution in [0.25, 0.3) is 0 Å². The molecule has 98 valence electrons. The van der Waals surface area contributed by atoms with Gasteiger partial charge in [-0.25, -0.2) is 0 Å². The van der Waals surface area contributed by atoms with Crippen molar-refractivity contribution in [3.05, 3.63) is 29.3 Å².